The largest absolute Gasteiger partial charge is 0.147 e. The van der Waals surface area contributed by atoms with Crippen molar-refractivity contribution >= 4 is 24.8 Å². The molecule has 1 N–H and O–H groups in total. The average molecular weight is 330 g/mol. The maximum Gasteiger partial charge on any atom is -0.147 e. The van der Waals surface area contributed by atoms with Crippen LogP contribution in [0.25, 0.3) is 0 Å². The molecule has 0 aliphatic heterocycles. The first-order valence-electron chi connectivity index (χ1n) is 5.72. The summed E-state index contributed by atoms with van der Waals surface area (Å²) < 4.78 is 1.53. The van der Waals surface area contributed by atoms with E-state index >= 15 is 0 Å². The van der Waals surface area contributed by atoms with Gasteiger partial charge in [-0.1, -0.05) is 0 Å². The van der Waals surface area contributed by atoms with Gasteiger partial charge in [0.1, 0.15) is 0 Å². The van der Waals surface area contributed by atoms with Crippen LogP contribution in [-0.4, -0.2) is 10.7 Å². The van der Waals surface area contributed by atoms with Crippen molar-refractivity contribution in [1.82, 2.24) is 0 Å². The van der Waals surface area contributed by atoms with Crippen LogP contribution in [-0.2, 0) is 20.4 Å². The number of allylic oxidation sites excluding steroid dienone is 4. The quantitative estimate of drug-likeness (QED) is 0.632. The topological polar surface area (TPSA) is 20.2 Å². The first-order valence-corrected chi connectivity index (χ1v) is 6.50. The van der Waals surface area contributed by atoms with Crippen molar-refractivity contribution < 1.29 is 25.5 Å². The molecule has 0 aromatic carbocycles. The van der Waals surface area contributed by atoms with Crippen LogP contribution in [0.5, 0.6) is 0 Å². The maximum absolute atomic E-state index is 8.52. The molecule has 0 radical (unpaired) electrons. The molecule has 1 rings (SSSR count). The van der Waals surface area contributed by atoms with Gasteiger partial charge in [-0.2, -0.15) is 0 Å². The number of hydrogen-bond donors (Lipinski definition) is 1. The van der Waals surface area contributed by atoms with Gasteiger partial charge in [0.15, 0.2) is 0 Å². The summed E-state index contributed by atoms with van der Waals surface area (Å²) in [5.41, 5.74) is 4.33. The SMILES string of the molecule is CC(C)(C)O.CC1=C(C)C(C)(C)[C]([Ti])=C1C.Cl.Cl. The van der Waals surface area contributed by atoms with Crippen LogP contribution in [0.3, 0.4) is 0 Å². The molecule has 0 amide bonds. The Morgan fingerprint density at radius 3 is 1.28 bits per heavy atom. The van der Waals surface area contributed by atoms with Crippen LogP contribution >= 0.6 is 24.8 Å². The van der Waals surface area contributed by atoms with E-state index in [0.717, 1.165) is 0 Å². The number of halogens is 2. The van der Waals surface area contributed by atoms with Crippen molar-refractivity contribution in [2.45, 2.75) is 61.0 Å². The summed E-state index contributed by atoms with van der Waals surface area (Å²) in [5, 5.41) is 8.52. The molecule has 0 atom stereocenters. The Bertz CT molecular complexity index is 304. The van der Waals surface area contributed by atoms with Gasteiger partial charge in [0.05, 0.1) is 5.60 Å². The summed E-state index contributed by atoms with van der Waals surface area (Å²) in [4.78, 5) is 0. The van der Waals surface area contributed by atoms with E-state index in [4.69, 9.17) is 5.11 Å². The predicted octanol–water partition coefficient (Wildman–Crippen LogP) is 4.80. The summed E-state index contributed by atoms with van der Waals surface area (Å²) in [6.07, 6.45) is 0. The van der Waals surface area contributed by atoms with E-state index in [2.05, 4.69) is 55.1 Å². The van der Waals surface area contributed by atoms with Crippen LogP contribution in [0, 0.1) is 5.41 Å². The maximum atomic E-state index is 8.52. The molecule has 107 valence electrons. The monoisotopic (exact) mass is 329 g/mol. The first kappa shape index (κ1) is 23.8. The Kier molecular flexibility index (Phi) is 10.7. The minimum atomic E-state index is -0.500. The molecule has 4 heteroatoms. The summed E-state index contributed by atoms with van der Waals surface area (Å²) in [5.74, 6) is 0. The molecule has 1 nitrogen and oxygen atoms in total. The Hall–Kier alpha value is 0.734. The molecule has 0 aromatic rings. The zero-order valence-corrected chi connectivity index (χ0v) is 16.0. The zero-order chi connectivity index (χ0) is 13.3. The van der Waals surface area contributed by atoms with Crippen molar-refractivity contribution in [3.8, 4) is 0 Å². The van der Waals surface area contributed by atoms with Gasteiger partial charge in [0.25, 0.3) is 0 Å². The number of hydrogen-bond acceptors (Lipinski definition) is 1. The Morgan fingerprint density at radius 1 is 0.944 bits per heavy atom. The Labute approximate surface area is 137 Å². The van der Waals surface area contributed by atoms with Crippen LogP contribution in [0.4, 0.5) is 0 Å². The molecule has 0 bridgehead atoms. The van der Waals surface area contributed by atoms with E-state index < -0.39 is 5.60 Å². The third kappa shape index (κ3) is 6.77. The Morgan fingerprint density at radius 2 is 1.22 bits per heavy atom. The fourth-order valence-corrected chi connectivity index (χ4v) is 2.18. The molecule has 1 aliphatic carbocycles. The summed E-state index contributed by atoms with van der Waals surface area (Å²) in [6.45, 7) is 16.5. The molecule has 0 saturated heterocycles. The van der Waals surface area contributed by atoms with Gasteiger partial charge in [0.2, 0.25) is 0 Å². The molecule has 0 fully saturated rings. The van der Waals surface area contributed by atoms with Crippen molar-refractivity contribution in [3.63, 3.8) is 0 Å². The minimum Gasteiger partial charge on any atom is -0.147 e. The predicted molar refractivity (Wildman–Crippen MR) is 81.3 cm³/mol. The van der Waals surface area contributed by atoms with E-state index in [-0.39, 0.29) is 24.8 Å². The molecule has 1 aliphatic rings. The second-order valence-electron chi connectivity index (χ2n) is 6.05. The van der Waals surface area contributed by atoms with Crippen molar-refractivity contribution in [2.24, 2.45) is 5.41 Å². The van der Waals surface area contributed by atoms with Gasteiger partial charge in [-0.15, -0.1) is 24.8 Å². The normalized spacial score (nSPS) is 17.6. The van der Waals surface area contributed by atoms with Crippen LogP contribution in [0.2, 0.25) is 0 Å². The van der Waals surface area contributed by atoms with E-state index in [1.807, 2.05) is 0 Å². The van der Waals surface area contributed by atoms with E-state index in [1.54, 1.807) is 20.8 Å². The smallest absolute Gasteiger partial charge is 0.147 e. The minimum absolute atomic E-state index is 0. The molecule has 0 unspecified atom stereocenters. The van der Waals surface area contributed by atoms with E-state index in [1.165, 1.54) is 20.6 Å². The van der Waals surface area contributed by atoms with E-state index in [9.17, 15) is 0 Å². The molecular formula is C14H27Cl2OTi. The molecule has 0 spiro atoms. The fourth-order valence-electron chi connectivity index (χ4n) is 1.59. The van der Waals surface area contributed by atoms with Gasteiger partial charge >= 0.3 is 81.1 Å². The van der Waals surface area contributed by atoms with E-state index in [0.29, 0.717) is 5.41 Å². The van der Waals surface area contributed by atoms with Crippen LogP contribution < -0.4 is 0 Å². The van der Waals surface area contributed by atoms with Crippen molar-refractivity contribution in [3.05, 3.63) is 20.6 Å². The van der Waals surface area contributed by atoms with Gasteiger partial charge in [-0.05, 0) is 20.8 Å². The number of aliphatic hydroxyl groups is 1. The van der Waals surface area contributed by atoms with Gasteiger partial charge in [-0.25, -0.2) is 0 Å². The Balaban J connectivity index is -0.000000282. The molecular weight excluding hydrogens is 303 g/mol. The van der Waals surface area contributed by atoms with Crippen molar-refractivity contribution in [1.29, 1.82) is 0 Å². The second-order valence-corrected chi connectivity index (χ2v) is 6.83. The zero-order valence-electron chi connectivity index (χ0n) is 12.8. The molecule has 18 heavy (non-hydrogen) atoms. The summed E-state index contributed by atoms with van der Waals surface area (Å²) in [7, 11) is 0. The summed E-state index contributed by atoms with van der Waals surface area (Å²) in [6, 6.07) is 0. The van der Waals surface area contributed by atoms with Crippen LogP contribution in [0.1, 0.15) is 55.4 Å². The van der Waals surface area contributed by atoms with Gasteiger partial charge < -0.3 is 5.11 Å². The third-order valence-electron chi connectivity index (χ3n) is 3.06. The number of rotatable bonds is 0. The van der Waals surface area contributed by atoms with Gasteiger partial charge in [-0.3, -0.25) is 0 Å². The molecule has 0 saturated carbocycles. The second kappa shape index (κ2) is 8.12. The molecule has 0 aromatic heterocycles. The fraction of sp³-hybridized carbons (Fsp3) is 0.714. The van der Waals surface area contributed by atoms with Crippen molar-refractivity contribution in [2.75, 3.05) is 0 Å². The van der Waals surface area contributed by atoms with Crippen LogP contribution in [0.15, 0.2) is 20.6 Å². The molecule has 0 heterocycles. The standard InChI is InChI=1S/C10H15.C4H10O.2ClH.Ti/c1-7-6-10(4,5)9(3)8(7)2;1-4(2,3)5;;;/h1-5H3;5H,1-3H3;2*1H;. The third-order valence-corrected chi connectivity index (χ3v) is 4.62. The average Bonchev–Trinajstić information content (AvgIpc) is 2.19. The first-order chi connectivity index (χ1) is 6.89. The summed E-state index contributed by atoms with van der Waals surface area (Å²) >= 11 is 2.25. The van der Waals surface area contributed by atoms with Gasteiger partial charge in [0, 0.05) is 0 Å².